The van der Waals surface area contributed by atoms with Crippen molar-refractivity contribution in [1.29, 1.82) is 0 Å². The highest BCUT2D eigenvalue weighted by Gasteiger charge is 2.18. The van der Waals surface area contributed by atoms with Gasteiger partial charge in [-0.3, -0.25) is 19.4 Å². The molecule has 8 nitrogen and oxygen atoms in total. The molecule has 0 unspecified atom stereocenters. The van der Waals surface area contributed by atoms with Gasteiger partial charge < -0.3 is 15.2 Å². The first-order valence-electron chi connectivity index (χ1n) is 9.48. The Bertz CT molecular complexity index is 972. The molecule has 2 aromatic heterocycles. The Morgan fingerprint density at radius 1 is 1.07 bits per heavy atom. The monoisotopic (exact) mass is 369 g/mol. The summed E-state index contributed by atoms with van der Waals surface area (Å²) in [6, 6.07) is 3.07. The van der Waals surface area contributed by atoms with E-state index in [4.69, 9.17) is 0 Å². The average Bonchev–Trinajstić information content (AvgIpc) is 3.20. The first-order chi connectivity index (χ1) is 13.1. The molecule has 3 heterocycles. The van der Waals surface area contributed by atoms with Crippen molar-refractivity contribution in [2.45, 2.75) is 45.1 Å². The fourth-order valence-corrected chi connectivity index (χ4v) is 3.77. The number of amides is 1. The van der Waals surface area contributed by atoms with Gasteiger partial charge >= 0.3 is 0 Å². The largest absolute Gasteiger partial charge is 0.346 e. The Kier molecular flexibility index (Phi) is 4.79. The van der Waals surface area contributed by atoms with Crippen LogP contribution >= 0.6 is 0 Å². The number of rotatable bonds is 4. The predicted octanol–water partition coefficient (Wildman–Crippen LogP) is 0.867. The van der Waals surface area contributed by atoms with Crippen LogP contribution in [0.4, 0.5) is 5.95 Å². The maximum atomic E-state index is 12.5. The maximum absolute atomic E-state index is 12.5. The van der Waals surface area contributed by atoms with Crippen LogP contribution in [0.15, 0.2) is 21.7 Å². The molecule has 0 saturated carbocycles. The summed E-state index contributed by atoms with van der Waals surface area (Å²) in [5.74, 6) is 0.0882. The van der Waals surface area contributed by atoms with E-state index in [-0.39, 0.29) is 23.2 Å². The van der Waals surface area contributed by atoms with Crippen LogP contribution in [0.5, 0.6) is 0 Å². The number of anilines is 1. The Balaban J connectivity index is 1.50. The summed E-state index contributed by atoms with van der Waals surface area (Å²) in [7, 11) is 0. The lowest BCUT2D eigenvalue weighted by atomic mass is 9.95. The van der Waals surface area contributed by atoms with Gasteiger partial charge in [0.25, 0.3) is 17.0 Å². The number of nitrogens with zero attached hydrogens (tertiary/aromatic N) is 2. The summed E-state index contributed by atoms with van der Waals surface area (Å²) < 4.78 is 0. The summed E-state index contributed by atoms with van der Waals surface area (Å²) in [4.78, 5) is 48.7. The van der Waals surface area contributed by atoms with Crippen molar-refractivity contribution >= 4 is 11.9 Å². The topological polar surface area (TPSA) is 111 Å². The molecule has 0 radical (unpaired) electrons. The van der Waals surface area contributed by atoms with Crippen LogP contribution in [0.25, 0.3) is 0 Å². The lowest BCUT2D eigenvalue weighted by Crippen LogP contribution is -2.32. The van der Waals surface area contributed by atoms with Gasteiger partial charge in [-0.15, -0.1) is 0 Å². The molecule has 0 aromatic carbocycles. The molecule has 1 saturated heterocycles. The molecule has 142 valence electrons. The summed E-state index contributed by atoms with van der Waals surface area (Å²) >= 11 is 0. The van der Waals surface area contributed by atoms with Gasteiger partial charge in [-0.05, 0) is 50.2 Å². The van der Waals surface area contributed by atoms with Crippen molar-refractivity contribution in [3.63, 3.8) is 0 Å². The van der Waals surface area contributed by atoms with Crippen LogP contribution in [0, 0.1) is 0 Å². The van der Waals surface area contributed by atoms with E-state index in [0.29, 0.717) is 11.6 Å². The van der Waals surface area contributed by atoms with E-state index in [1.54, 1.807) is 6.07 Å². The summed E-state index contributed by atoms with van der Waals surface area (Å²) in [5, 5.41) is 2.72. The number of nitrogens with one attached hydrogen (secondary N) is 3. The maximum Gasteiger partial charge on any atom is 0.261 e. The van der Waals surface area contributed by atoms with Crippen molar-refractivity contribution in [3.05, 3.63) is 55.4 Å². The molecular formula is C19H23N5O3. The zero-order chi connectivity index (χ0) is 18.8. The van der Waals surface area contributed by atoms with E-state index in [9.17, 15) is 14.4 Å². The van der Waals surface area contributed by atoms with Gasteiger partial charge in [-0.25, -0.2) is 4.98 Å². The number of aromatic nitrogens is 3. The molecule has 0 bridgehead atoms. The molecule has 0 atom stereocenters. The molecule has 3 N–H and O–H groups in total. The van der Waals surface area contributed by atoms with Gasteiger partial charge in [0.05, 0.1) is 12.2 Å². The highest BCUT2D eigenvalue weighted by atomic mass is 16.2. The minimum Gasteiger partial charge on any atom is -0.346 e. The zero-order valence-corrected chi connectivity index (χ0v) is 15.1. The van der Waals surface area contributed by atoms with E-state index >= 15 is 0 Å². The van der Waals surface area contributed by atoms with Crippen LogP contribution in [-0.4, -0.2) is 33.9 Å². The molecule has 1 aliphatic carbocycles. The molecule has 2 aliphatic rings. The third kappa shape index (κ3) is 3.79. The molecule has 0 spiro atoms. The average molecular weight is 369 g/mol. The van der Waals surface area contributed by atoms with Gasteiger partial charge in [0.1, 0.15) is 5.56 Å². The number of carbonyl (C=O) groups is 1. The van der Waals surface area contributed by atoms with Gasteiger partial charge in [0.15, 0.2) is 0 Å². The van der Waals surface area contributed by atoms with Crippen molar-refractivity contribution in [3.8, 4) is 0 Å². The van der Waals surface area contributed by atoms with Gasteiger partial charge in [-0.2, -0.15) is 0 Å². The summed E-state index contributed by atoms with van der Waals surface area (Å²) in [6.45, 7) is 1.83. The number of aromatic amines is 2. The van der Waals surface area contributed by atoms with E-state index < -0.39 is 5.91 Å². The van der Waals surface area contributed by atoms with E-state index in [0.717, 1.165) is 62.9 Å². The molecule has 4 rings (SSSR count). The normalized spacial score (nSPS) is 16.2. The first-order valence-corrected chi connectivity index (χ1v) is 9.48. The molecule has 27 heavy (non-hydrogen) atoms. The number of fused-ring (bicyclic) bond motifs is 1. The standard InChI is InChI=1S/C19H23N5O3/c25-16-10-13(21-19(23-16)24-7-3-4-8-24)11-20-17(26)14-9-12-5-1-2-6-15(12)22-18(14)27/h9-10H,1-8,11H2,(H,20,26)(H,22,27)(H,21,23,25). The quantitative estimate of drug-likeness (QED) is 0.740. The molecule has 8 heteroatoms. The van der Waals surface area contributed by atoms with Crippen LogP contribution in [0.2, 0.25) is 0 Å². The van der Waals surface area contributed by atoms with E-state index in [1.165, 1.54) is 6.07 Å². The second-order valence-electron chi connectivity index (χ2n) is 7.16. The molecule has 2 aromatic rings. The second kappa shape index (κ2) is 7.38. The smallest absolute Gasteiger partial charge is 0.261 e. The summed E-state index contributed by atoms with van der Waals surface area (Å²) in [5.41, 5.74) is 1.95. The number of pyridine rings is 1. The van der Waals surface area contributed by atoms with Crippen molar-refractivity contribution in [2.75, 3.05) is 18.0 Å². The zero-order valence-electron chi connectivity index (χ0n) is 15.1. The van der Waals surface area contributed by atoms with Gasteiger partial charge in [0.2, 0.25) is 5.95 Å². The number of H-pyrrole nitrogens is 2. The second-order valence-corrected chi connectivity index (χ2v) is 7.16. The fourth-order valence-electron chi connectivity index (χ4n) is 3.77. The first kappa shape index (κ1) is 17.5. The van der Waals surface area contributed by atoms with E-state index in [2.05, 4.69) is 20.3 Å². The van der Waals surface area contributed by atoms with Crippen LogP contribution in [0.3, 0.4) is 0 Å². The highest BCUT2D eigenvalue weighted by molar-refractivity contribution is 5.94. The van der Waals surface area contributed by atoms with Gasteiger partial charge in [-0.1, -0.05) is 0 Å². The Labute approximate surface area is 156 Å². The van der Waals surface area contributed by atoms with Crippen molar-refractivity contribution < 1.29 is 4.79 Å². The Morgan fingerprint density at radius 3 is 2.67 bits per heavy atom. The van der Waals surface area contributed by atoms with Crippen LogP contribution in [0.1, 0.15) is 53.0 Å². The van der Waals surface area contributed by atoms with Gasteiger partial charge in [0, 0.05) is 24.8 Å². The Morgan fingerprint density at radius 2 is 1.85 bits per heavy atom. The lowest BCUT2D eigenvalue weighted by molar-refractivity contribution is 0.0948. The number of hydrogen-bond acceptors (Lipinski definition) is 5. The molecular weight excluding hydrogens is 346 g/mol. The highest BCUT2D eigenvalue weighted by Crippen LogP contribution is 2.18. The van der Waals surface area contributed by atoms with Crippen molar-refractivity contribution in [2.24, 2.45) is 0 Å². The SMILES string of the molecule is O=C(NCc1cc(=O)[nH]c(N2CCCC2)n1)c1cc2c([nH]c1=O)CCCC2. The van der Waals surface area contributed by atoms with Crippen LogP contribution < -0.4 is 21.3 Å². The minimum atomic E-state index is -0.450. The minimum absolute atomic E-state index is 0.0973. The van der Waals surface area contributed by atoms with E-state index in [1.807, 2.05) is 4.90 Å². The number of hydrogen-bond donors (Lipinski definition) is 3. The summed E-state index contributed by atoms with van der Waals surface area (Å²) in [6.07, 6.45) is 6.00. The Hall–Kier alpha value is -2.90. The fraction of sp³-hybridized carbons (Fsp3) is 0.474. The number of aryl methyl sites for hydroxylation is 2. The third-order valence-corrected chi connectivity index (χ3v) is 5.20. The molecule has 1 fully saturated rings. The van der Waals surface area contributed by atoms with Crippen LogP contribution in [-0.2, 0) is 19.4 Å². The lowest BCUT2D eigenvalue weighted by Gasteiger charge is -2.17. The predicted molar refractivity (Wildman–Crippen MR) is 101 cm³/mol. The number of carbonyl (C=O) groups excluding carboxylic acids is 1. The van der Waals surface area contributed by atoms with Crippen molar-refractivity contribution in [1.82, 2.24) is 20.3 Å². The third-order valence-electron chi connectivity index (χ3n) is 5.20. The molecule has 1 amide bonds. The molecule has 1 aliphatic heterocycles.